The number of nitrogens with zero attached hydrogens (tertiary/aromatic N) is 2. The van der Waals surface area contributed by atoms with E-state index in [1.165, 1.54) is 5.56 Å². The largest absolute Gasteiger partial charge is 0.493 e. The van der Waals surface area contributed by atoms with Crippen LogP contribution in [0.2, 0.25) is 0 Å². The summed E-state index contributed by atoms with van der Waals surface area (Å²) in [6, 6.07) is 10.5. The molecule has 3 aromatic rings. The average molecular weight is 363 g/mol. The van der Waals surface area contributed by atoms with Crippen molar-refractivity contribution in [3.05, 3.63) is 41.5 Å². The van der Waals surface area contributed by atoms with Crippen molar-refractivity contribution in [1.29, 1.82) is 0 Å². The number of fused-ring (bicyclic) bond motifs is 2. The fourth-order valence-electron chi connectivity index (χ4n) is 3.34. The van der Waals surface area contributed by atoms with Crippen molar-refractivity contribution in [1.82, 2.24) is 9.55 Å². The number of hydrogen-bond donors (Lipinski definition) is 1. The molecule has 0 amide bonds. The van der Waals surface area contributed by atoms with Gasteiger partial charge in [0, 0.05) is 24.3 Å². The van der Waals surface area contributed by atoms with Gasteiger partial charge in [-0.3, -0.25) is 0 Å². The van der Waals surface area contributed by atoms with Crippen molar-refractivity contribution in [3.8, 4) is 18.1 Å². The van der Waals surface area contributed by atoms with Crippen molar-refractivity contribution >= 4 is 28.5 Å². The third kappa shape index (κ3) is 3.13. The van der Waals surface area contributed by atoms with E-state index in [9.17, 15) is 0 Å². The van der Waals surface area contributed by atoms with Gasteiger partial charge < -0.3 is 15.0 Å². The van der Waals surface area contributed by atoms with Crippen LogP contribution in [0.1, 0.15) is 24.0 Å². The predicted octanol–water partition coefficient (Wildman–Crippen LogP) is 4.43. The van der Waals surface area contributed by atoms with Gasteiger partial charge in [-0.05, 0) is 54.8 Å². The lowest BCUT2D eigenvalue weighted by molar-refractivity contribution is 0.356. The summed E-state index contributed by atoms with van der Waals surface area (Å²) in [6.07, 6.45) is 8.07. The zero-order valence-electron chi connectivity index (χ0n) is 14.8. The third-order valence-electron chi connectivity index (χ3n) is 4.57. The highest BCUT2D eigenvalue weighted by molar-refractivity contribution is 7.99. The van der Waals surface area contributed by atoms with Gasteiger partial charge in [0.1, 0.15) is 11.3 Å². The maximum absolute atomic E-state index is 6.23. The maximum Gasteiger partial charge on any atom is 0.174 e. The number of hydrogen-bond acceptors (Lipinski definition) is 4. The van der Waals surface area contributed by atoms with Gasteiger partial charge >= 0.3 is 0 Å². The number of anilines is 1. The van der Waals surface area contributed by atoms with Crippen LogP contribution in [0.15, 0.2) is 40.4 Å². The van der Waals surface area contributed by atoms with Gasteiger partial charge in [0.05, 0.1) is 17.8 Å². The molecule has 0 atom stereocenters. The number of terminal acetylenes is 1. The minimum atomic E-state index is 0.722. The molecule has 0 saturated carbocycles. The second kappa shape index (κ2) is 6.97. The fraction of sp³-hybridized carbons (Fsp3) is 0.286. The average Bonchev–Trinajstić information content (AvgIpc) is 3.20. The molecule has 0 bridgehead atoms. The molecule has 0 unspecified atom stereocenters. The quantitative estimate of drug-likeness (QED) is 0.414. The zero-order valence-corrected chi connectivity index (χ0v) is 15.6. The first-order valence-electron chi connectivity index (χ1n) is 8.79. The van der Waals surface area contributed by atoms with Gasteiger partial charge in [-0.2, -0.15) is 0 Å². The number of benzene rings is 2. The lowest BCUT2D eigenvalue weighted by atomic mass is 10.2. The summed E-state index contributed by atoms with van der Waals surface area (Å²) in [4.78, 5) is 6.00. The molecule has 0 fully saturated rings. The standard InChI is InChI=1S/C21H21N3OS/c1-3-4-5-9-24-18-12-14(2)11-17(22)20(18)23-21(24)26-16-6-7-19-15(13-16)8-10-25-19/h1,6-7,11-13H,4-5,8-10,22H2,2H3. The second-order valence-electron chi connectivity index (χ2n) is 6.55. The molecule has 2 aromatic carbocycles. The van der Waals surface area contributed by atoms with Crippen LogP contribution in [-0.4, -0.2) is 16.2 Å². The number of unbranched alkanes of at least 4 members (excludes halogenated alkanes) is 1. The molecule has 2 N–H and O–H groups in total. The van der Waals surface area contributed by atoms with E-state index in [0.717, 1.165) is 70.5 Å². The molecule has 0 spiro atoms. The first kappa shape index (κ1) is 16.9. The highest BCUT2D eigenvalue weighted by Crippen LogP contribution is 2.36. The van der Waals surface area contributed by atoms with Gasteiger partial charge in [-0.15, -0.1) is 12.3 Å². The molecule has 0 aliphatic carbocycles. The van der Waals surface area contributed by atoms with Crippen LogP contribution < -0.4 is 10.5 Å². The molecule has 1 aliphatic rings. The lowest BCUT2D eigenvalue weighted by Gasteiger charge is -2.09. The number of rotatable bonds is 5. The van der Waals surface area contributed by atoms with Crippen molar-refractivity contribution in [2.45, 2.75) is 42.8 Å². The van der Waals surface area contributed by atoms with E-state index in [-0.39, 0.29) is 0 Å². The summed E-state index contributed by atoms with van der Waals surface area (Å²) >= 11 is 1.67. The summed E-state index contributed by atoms with van der Waals surface area (Å²) in [5, 5.41) is 0.952. The smallest absolute Gasteiger partial charge is 0.174 e. The zero-order chi connectivity index (χ0) is 18.1. The Morgan fingerprint density at radius 3 is 3.08 bits per heavy atom. The van der Waals surface area contributed by atoms with E-state index >= 15 is 0 Å². The van der Waals surface area contributed by atoms with Crippen LogP contribution in [0.3, 0.4) is 0 Å². The topological polar surface area (TPSA) is 53.1 Å². The number of nitrogen functional groups attached to an aromatic ring is 1. The highest BCUT2D eigenvalue weighted by atomic mass is 32.2. The Labute approximate surface area is 157 Å². The highest BCUT2D eigenvalue weighted by Gasteiger charge is 2.17. The number of nitrogens with two attached hydrogens (primary N) is 1. The monoisotopic (exact) mass is 363 g/mol. The summed E-state index contributed by atoms with van der Waals surface area (Å²) < 4.78 is 7.84. The molecule has 0 saturated heterocycles. The normalized spacial score (nSPS) is 12.8. The Bertz CT molecular complexity index is 1020. The third-order valence-corrected chi connectivity index (χ3v) is 5.55. The van der Waals surface area contributed by atoms with Gasteiger partial charge in [0.15, 0.2) is 5.16 Å². The molecule has 26 heavy (non-hydrogen) atoms. The van der Waals surface area contributed by atoms with E-state index < -0.39 is 0 Å². The van der Waals surface area contributed by atoms with E-state index in [0.29, 0.717) is 0 Å². The van der Waals surface area contributed by atoms with Crippen LogP contribution in [-0.2, 0) is 13.0 Å². The Hall–Kier alpha value is -2.58. The Morgan fingerprint density at radius 2 is 2.23 bits per heavy atom. The van der Waals surface area contributed by atoms with Crippen molar-refractivity contribution < 1.29 is 4.74 Å². The first-order valence-corrected chi connectivity index (χ1v) is 9.61. The maximum atomic E-state index is 6.23. The van der Waals surface area contributed by atoms with E-state index in [4.69, 9.17) is 21.9 Å². The molecule has 1 aromatic heterocycles. The lowest BCUT2D eigenvalue weighted by Crippen LogP contribution is -2.00. The van der Waals surface area contributed by atoms with E-state index in [1.807, 2.05) is 6.07 Å². The van der Waals surface area contributed by atoms with Crippen LogP contribution in [0.5, 0.6) is 5.75 Å². The minimum absolute atomic E-state index is 0.722. The Morgan fingerprint density at radius 1 is 1.35 bits per heavy atom. The summed E-state index contributed by atoms with van der Waals surface area (Å²) in [5.74, 6) is 3.72. The van der Waals surface area contributed by atoms with Gasteiger partial charge in [-0.25, -0.2) is 4.98 Å². The summed E-state index contributed by atoms with van der Waals surface area (Å²) in [6.45, 7) is 3.66. The van der Waals surface area contributed by atoms with Gasteiger partial charge in [0.25, 0.3) is 0 Å². The van der Waals surface area contributed by atoms with Crippen LogP contribution in [0.4, 0.5) is 5.69 Å². The molecule has 5 heteroatoms. The summed E-state index contributed by atoms with van der Waals surface area (Å²) in [5.41, 5.74) is 11.3. The van der Waals surface area contributed by atoms with Crippen LogP contribution in [0, 0.1) is 19.3 Å². The number of ether oxygens (including phenoxy) is 1. The number of imidazole rings is 1. The Kier molecular flexibility index (Phi) is 4.52. The van der Waals surface area contributed by atoms with Crippen molar-refractivity contribution in [2.75, 3.05) is 12.3 Å². The van der Waals surface area contributed by atoms with Gasteiger partial charge in [-0.1, -0.05) is 11.8 Å². The molecular weight excluding hydrogens is 342 g/mol. The van der Waals surface area contributed by atoms with E-state index in [1.54, 1.807) is 11.8 Å². The number of aromatic nitrogens is 2. The molecular formula is C21H21N3OS. The molecule has 4 rings (SSSR count). The van der Waals surface area contributed by atoms with Crippen molar-refractivity contribution in [3.63, 3.8) is 0 Å². The van der Waals surface area contributed by atoms with Crippen LogP contribution in [0.25, 0.3) is 11.0 Å². The molecule has 2 heterocycles. The van der Waals surface area contributed by atoms with Crippen molar-refractivity contribution in [2.24, 2.45) is 0 Å². The van der Waals surface area contributed by atoms with Gasteiger partial charge in [0.2, 0.25) is 0 Å². The fourth-order valence-corrected chi connectivity index (χ4v) is 4.32. The Balaban J connectivity index is 1.74. The van der Waals surface area contributed by atoms with Crippen LogP contribution >= 0.6 is 11.8 Å². The predicted molar refractivity (Wildman–Crippen MR) is 107 cm³/mol. The molecule has 1 aliphatic heterocycles. The number of aryl methyl sites for hydroxylation is 2. The summed E-state index contributed by atoms with van der Waals surface area (Å²) in [7, 11) is 0. The minimum Gasteiger partial charge on any atom is -0.493 e. The molecule has 0 radical (unpaired) electrons. The van der Waals surface area contributed by atoms with E-state index in [2.05, 4.69) is 41.7 Å². The second-order valence-corrected chi connectivity index (χ2v) is 7.59. The molecule has 132 valence electrons. The first-order chi connectivity index (χ1) is 12.7. The SMILES string of the molecule is C#CCCCn1c(Sc2ccc3c(c2)CCO3)nc2c(N)cc(C)cc21. The molecule has 4 nitrogen and oxygen atoms in total.